The largest absolute Gasteiger partial charge is 0.397 e. The lowest BCUT2D eigenvalue weighted by molar-refractivity contribution is 0.598. The quantitative estimate of drug-likeness (QED) is 0.856. The third-order valence-corrected chi connectivity index (χ3v) is 4.82. The second-order valence-electron chi connectivity index (χ2n) is 5.03. The Kier molecular flexibility index (Phi) is 3.91. The molecule has 0 unspecified atom stereocenters. The van der Waals surface area contributed by atoms with E-state index in [0.29, 0.717) is 16.7 Å². The minimum Gasteiger partial charge on any atom is -0.397 e. The van der Waals surface area contributed by atoms with Gasteiger partial charge in [-0.05, 0) is 49.6 Å². The van der Waals surface area contributed by atoms with Gasteiger partial charge in [0.2, 0.25) is 0 Å². The zero-order chi connectivity index (χ0) is 15.8. The number of halogens is 1. The van der Waals surface area contributed by atoms with Crippen LogP contribution in [0.5, 0.6) is 0 Å². The molecule has 0 radical (unpaired) electrons. The summed E-state index contributed by atoms with van der Waals surface area (Å²) in [7, 11) is -3.95. The number of benzene rings is 2. The maximum absolute atomic E-state index is 13.8. The number of hydrogen-bond donors (Lipinski definition) is 2. The smallest absolute Gasteiger partial charge is 0.264 e. The summed E-state index contributed by atoms with van der Waals surface area (Å²) in [5.74, 6) is -0.623. The highest BCUT2D eigenvalue weighted by molar-refractivity contribution is 7.93. The third-order valence-electron chi connectivity index (χ3n) is 3.25. The van der Waals surface area contributed by atoms with Gasteiger partial charge in [0.25, 0.3) is 10.0 Å². The number of hydrogen-bond acceptors (Lipinski definition) is 3. The molecule has 0 aliphatic carbocycles. The summed E-state index contributed by atoms with van der Waals surface area (Å²) in [5, 5.41) is 0. The average Bonchev–Trinajstić information content (AvgIpc) is 2.37. The minimum absolute atomic E-state index is 0.0116. The highest BCUT2D eigenvalue weighted by Gasteiger charge is 2.22. The first kappa shape index (κ1) is 15.3. The van der Waals surface area contributed by atoms with E-state index < -0.39 is 15.8 Å². The summed E-state index contributed by atoms with van der Waals surface area (Å²) in [4.78, 5) is -0.0116. The van der Waals surface area contributed by atoms with E-state index >= 15 is 0 Å². The molecule has 0 spiro atoms. The molecule has 2 aromatic carbocycles. The number of nitrogen functional groups attached to an aromatic ring is 1. The van der Waals surface area contributed by atoms with Crippen molar-refractivity contribution in [3.05, 3.63) is 52.8 Å². The summed E-state index contributed by atoms with van der Waals surface area (Å²) in [5.41, 5.74) is 7.83. The molecule has 2 rings (SSSR count). The van der Waals surface area contributed by atoms with Gasteiger partial charge >= 0.3 is 0 Å². The van der Waals surface area contributed by atoms with Gasteiger partial charge in [-0.2, -0.15) is 0 Å². The minimum atomic E-state index is -3.95. The van der Waals surface area contributed by atoms with Crippen LogP contribution < -0.4 is 10.5 Å². The Balaban J connectivity index is 2.51. The van der Waals surface area contributed by atoms with Crippen LogP contribution in [-0.4, -0.2) is 8.42 Å². The molecular formula is C15H17FN2O2S. The zero-order valence-electron chi connectivity index (χ0n) is 12.1. The van der Waals surface area contributed by atoms with Crippen molar-refractivity contribution in [2.24, 2.45) is 0 Å². The van der Waals surface area contributed by atoms with Crippen LogP contribution in [0.2, 0.25) is 0 Å². The second-order valence-corrected chi connectivity index (χ2v) is 6.65. The van der Waals surface area contributed by atoms with Crippen LogP contribution in [0.15, 0.2) is 35.2 Å². The lowest BCUT2D eigenvalue weighted by atomic mass is 10.1. The highest BCUT2D eigenvalue weighted by Crippen LogP contribution is 2.28. The van der Waals surface area contributed by atoms with Crippen LogP contribution >= 0.6 is 0 Å². The van der Waals surface area contributed by atoms with Crippen molar-refractivity contribution < 1.29 is 12.8 Å². The fourth-order valence-electron chi connectivity index (χ4n) is 2.06. The maximum Gasteiger partial charge on any atom is 0.264 e. The summed E-state index contributed by atoms with van der Waals surface area (Å²) in [6, 6.07) is 7.71. The topological polar surface area (TPSA) is 72.2 Å². The van der Waals surface area contributed by atoms with Gasteiger partial charge in [0.05, 0.1) is 11.4 Å². The summed E-state index contributed by atoms with van der Waals surface area (Å²) in [6.45, 7) is 5.10. The first-order chi connectivity index (χ1) is 9.72. The molecule has 0 heterocycles. The number of aryl methyl sites for hydroxylation is 3. The van der Waals surface area contributed by atoms with E-state index in [0.717, 1.165) is 0 Å². The number of sulfonamides is 1. The molecule has 4 nitrogen and oxygen atoms in total. The van der Waals surface area contributed by atoms with E-state index in [-0.39, 0.29) is 16.3 Å². The van der Waals surface area contributed by atoms with Crippen LogP contribution in [0.4, 0.5) is 15.8 Å². The van der Waals surface area contributed by atoms with E-state index in [1.165, 1.54) is 12.1 Å². The number of anilines is 2. The van der Waals surface area contributed by atoms with Gasteiger partial charge in [0, 0.05) is 0 Å². The predicted octanol–water partition coefficient (Wildman–Crippen LogP) is 3.13. The molecule has 0 saturated carbocycles. The normalized spacial score (nSPS) is 11.4. The predicted molar refractivity (Wildman–Crippen MR) is 82.3 cm³/mol. The third kappa shape index (κ3) is 3.00. The molecule has 0 aromatic heterocycles. The van der Waals surface area contributed by atoms with Gasteiger partial charge in [0.1, 0.15) is 10.7 Å². The fraction of sp³-hybridized carbons (Fsp3) is 0.200. The highest BCUT2D eigenvalue weighted by atomic mass is 32.2. The van der Waals surface area contributed by atoms with Crippen LogP contribution in [0.1, 0.15) is 16.7 Å². The van der Waals surface area contributed by atoms with Crippen molar-refractivity contribution in [2.75, 3.05) is 10.5 Å². The second kappa shape index (κ2) is 5.37. The molecule has 0 amide bonds. The molecular weight excluding hydrogens is 291 g/mol. The van der Waals surface area contributed by atoms with Crippen molar-refractivity contribution in [1.82, 2.24) is 0 Å². The lowest BCUT2D eigenvalue weighted by Crippen LogP contribution is -2.17. The molecule has 0 atom stereocenters. The Bertz CT molecular complexity index is 802. The van der Waals surface area contributed by atoms with Crippen molar-refractivity contribution in [2.45, 2.75) is 25.7 Å². The monoisotopic (exact) mass is 308 g/mol. The van der Waals surface area contributed by atoms with Gasteiger partial charge in [-0.3, -0.25) is 4.72 Å². The van der Waals surface area contributed by atoms with E-state index in [1.807, 2.05) is 0 Å². The summed E-state index contributed by atoms with van der Waals surface area (Å²) >= 11 is 0. The van der Waals surface area contributed by atoms with Crippen LogP contribution in [0.3, 0.4) is 0 Å². The van der Waals surface area contributed by atoms with Crippen molar-refractivity contribution >= 4 is 21.4 Å². The molecule has 0 saturated heterocycles. The average molecular weight is 308 g/mol. The molecule has 2 aromatic rings. The first-order valence-corrected chi connectivity index (χ1v) is 7.85. The van der Waals surface area contributed by atoms with Gasteiger partial charge in [0.15, 0.2) is 0 Å². The van der Waals surface area contributed by atoms with Crippen LogP contribution in [0, 0.1) is 26.6 Å². The summed E-state index contributed by atoms with van der Waals surface area (Å²) < 4.78 is 41.0. The zero-order valence-corrected chi connectivity index (χ0v) is 12.9. The van der Waals surface area contributed by atoms with Crippen molar-refractivity contribution in [3.63, 3.8) is 0 Å². The number of rotatable bonds is 3. The standard InChI is InChI=1S/C15H17FN2O2S/c1-9-4-7-13(12(16)8-9)18-21(19,20)15-11(3)6-5-10(2)14(15)17/h4-8,18H,17H2,1-3H3. The van der Waals surface area contributed by atoms with E-state index in [4.69, 9.17) is 5.73 Å². The molecule has 0 fully saturated rings. The van der Waals surface area contributed by atoms with Crippen LogP contribution in [-0.2, 0) is 10.0 Å². The molecule has 112 valence electrons. The Morgan fingerprint density at radius 2 is 1.67 bits per heavy atom. The molecule has 21 heavy (non-hydrogen) atoms. The van der Waals surface area contributed by atoms with E-state index in [1.54, 1.807) is 39.0 Å². The Labute approximate surface area is 123 Å². The van der Waals surface area contributed by atoms with E-state index in [2.05, 4.69) is 4.72 Å². The summed E-state index contributed by atoms with van der Waals surface area (Å²) in [6.07, 6.45) is 0. The van der Waals surface area contributed by atoms with Gasteiger partial charge in [-0.25, -0.2) is 12.8 Å². The molecule has 6 heteroatoms. The molecule has 0 aliphatic heterocycles. The first-order valence-electron chi connectivity index (χ1n) is 6.37. The number of nitrogens with one attached hydrogen (secondary N) is 1. The van der Waals surface area contributed by atoms with Gasteiger partial charge in [-0.1, -0.05) is 18.2 Å². The van der Waals surface area contributed by atoms with Crippen molar-refractivity contribution in [1.29, 1.82) is 0 Å². The Morgan fingerprint density at radius 1 is 1.05 bits per heavy atom. The lowest BCUT2D eigenvalue weighted by Gasteiger charge is -2.14. The van der Waals surface area contributed by atoms with Crippen LogP contribution in [0.25, 0.3) is 0 Å². The molecule has 0 aliphatic rings. The molecule has 0 bridgehead atoms. The SMILES string of the molecule is Cc1ccc(NS(=O)(=O)c2c(C)ccc(C)c2N)c(F)c1. The Morgan fingerprint density at radius 3 is 2.29 bits per heavy atom. The fourth-order valence-corrected chi connectivity index (χ4v) is 3.56. The Hall–Kier alpha value is -2.08. The maximum atomic E-state index is 13.8. The number of nitrogens with two attached hydrogens (primary N) is 1. The van der Waals surface area contributed by atoms with E-state index in [9.17, 15) is 12.8 Å². The van der Waals surface area contributed by atoms with Gasteiger partial charge < -0.3 is 5.73 Å². The van der Waals surface area contributed by atoms with Gasteiger partial charge in [-0.15, -0.1) is 0 Å². The van der Waals surface area contributed by atoms with Crippen molar-refractivity contribution in [3.8, 4) is 0 Å². The molecule has 3 N–H and O–H groups in total.